The van der Waals surface area contributed by atoms with Gasteiger partial charge in [-0.05, 0) is 36.4 Å². The van der Waals surface area contributed by atoms with Crippen LogP contribution < -0.4 is 5.32 Å². The molecule has 0 aliphatic heterocycles. The van der Waals surface area contributed by atoms with Crippen LogP contribution in [0.3, 0.4) is 0 Å². The second-order valence-electron chi connectivity index (χ2n) is 5.09. The number of rotatable bonds is 4. The number of aromatic nitrogens is 2. The molecule has 0 aliphatic carbocycles. The van der Waals surface area contributed by atoms with E-state index in [0.717, 1.165) is 18.2 Å². The Morgan fingerprint density at radius 2 is 1.89 bits per heavy atom. The number of aliphatic hydroxyl groups is 1. The first-order chi connectivity index (χ1) is 12.8. The Bertz CT molecular complexity index is 993. The van der Waals surface area contributed by atoms with E-state index in [2.05, 4.69) is 15.5 Å². The summed E-state index contributed by atoms with van der Waals surface area (Å²) in [5.41, 5.74) is -0.167. The minimum Gasteiger partial charge on any atom is -0.513 e. The normalized spacial score (nSPS) is 12.2. The van der Waals surface area contributed by atoms with Crippen molar-refractivity contribution < 1.29 is 32.0 Å². The van der Waals surface area contributed by atoms with Crippen LogP contribution >= 0.6 is 11.3 Å². The number of nitrogens with zero attached hydrogens (tertiary/aromatic N) is 2. The van der Waals surface area contributed by atoms with Gasteiger partial charge in [0.2, 0.25) is 5.82 Å². The molecule has 3 rings (SSSR count). The van der Waals surface area contributed by atoms with Crippen molar-refractivity contribution in [3.05, 3.63) is 64.8 Å². The SMILES string of the molecule is O=C(N/C(=C/O)c1nc(-c2ccc(C(F)(F)F)s2)no1)c1ccc(F)cc1. The Labute approximate surface area is 152 Å². The Morgan fingerprint density at radius 3 is 2.48 bits per heavy atom. The molecule has 0 aliphatic rings. The molecule has 0 radical (unpaired) electrons. The van der Waals surface area contributed by atoms with Crippen LogP contribution in [0.1, 0.15) is 21.1 Å². The van der Waals surface area contributed by atoms with E-state index in [1.54, 1.807) is 0 Å². The Morgan fingerprint density at radius 1 is 1.19 bits per heavy atom. The molecule has 0 unspecified atom stereocenters. The van der Waals surface area contributed by atoms with Gasteiger partial charge in [-0.25, -0.2) is 4.39 Å². The summed E-state index contributed by atoms with van der Waals surface area (Å²) < 4.78 is 55.8. The van der Waals surface area contributed by atoms with Gasteiger partial charge in [0, 0.05) is 5.56 Å². The van der Waals surface area contributed by atoms with Crippen LogP contribution in [0.25, 0.3) is 16.4 Å². The van der Waals surface area contributed by atoms with Gasteiger partial charge in [0.25, 0.3) is 11.8 Å². The lowest BCUT2D eigenvalue weighted by Crippen LogP contribution is -2.22. The standard InChI is InChI=1S/C16H9F4N3O3S/c17-9-3-1-8(2-4-9)14(25)21-10(7-24)15-22-13(23-26-15)11-5-6-12(27-11)16(18,19)20/h1-7,24H,(H,21,25)/b10-7+. The van der Waals surface area contributed by atoms with Crippen molar-refractivity contribution in [2.75, 3.05) is 0 Å². The van der Waals surface area contributed by atoms with Gasteiger partial charge >= 0.3 is 6.18 Å². The fraction of sp³-hybridized carbons (Fsp3) is 0.0625. The fourth-order valence-electron chi connectivity index (χ4n) is 1.98. The molecule has 0 saturated carbocycles. The van der Waals surface area contributed by atoms with Crippen molar-refractivity contribution in [1.29, 1.82) is 0 Å². The van der Waals surface area contributed by atoms with E-state index in [9.17, 15) is 27.5 Å². The maximum absolute atomic E-state index is 12.9. The van der Waals surface area contributed by atoms with Gasteiger partial charge in [0.15, 0.2) is 0 Å². The Kier molecular flexibility index (Phi) is 4.95. The summed E-state index contributed by atoms with van der Waals surface area (Å²) in [6, 6.07) is 6.68. The first-order valence-electron chi connectivity index (χ1n) is 7.20. The van der Waals surface area contributed by atoms with Gasteiger partial charge in [-0.3, -0.25) is 4.79 Å². The molecule has 3 aromatic rings. The van der Waals surface area contributed by atoms with Gasteiger partial charge in [-0.15, -0.1) is 11.3 Å². The van der Waals surface area contributed by atoms with Gasteiger partial charge < -0.3 is 14.9 Å². The average molecular weight is 399 g/mol. The van der Waals surface area contributed by atoms with E-state index < -0.39 is 22.8 Å². The first-order valence-corrected chi connectivity index (χ1v) is 8.02. The van der Waals surface area contributed by atoms with E-state index in [-0.39, 0.29) is 27.9 Å². The van der Waals surface area contributed by atoms with Gasteiger partial charge in [0.1, 0.15) is 22.7 Å². The van der Waals surface area contributed by atoms with Crippen LogP contribution in [-0.2, 0) is 6.18 Å². The number of nitrogens with one attached hydrogen (secondary N) is 1. The molecule has 2 heterocycles. The van der Waals surface area contributed by atoms with Crippen LogP contribution in [0, 0.1) is 5.82 Å². The minimum absolute atomic E-state index is 0.0967. The predicted octanol–water partition coefficient (Wildman–Crippen LogP) is 4.24. The Balaban J connectivity index is 1.78. The van der Waals surface area contributed by atoms with Crippen molar-refractivity contribution in [3.8, 4) is 10.7 Å². The highest BCUT2D eigenvalue weighted by Gasteiger charge is 2.33. The zero-order valence-corrected chi connectivity index (χ0v) is 13.9. The molecule has 1 amide bonds. The molecule has 0 fully saturated rings. The van der Waals surface area contributed by atoms with E-state index >= 15 is 0 Å². The van der Waals surface area contributed by atoms with Gasteiger partial charge in [0.05, 0.1) is 4.88 Å². The molecule has 0 saturated heterocycles. The summed E-state index contributed by atoms with van der Waals surface area (Å²) in [7, 11) is 0. The third-order valence-corrected chi connectivity index (χ3v) is 4.37. The third-order valence-electron chi connectivity index (χ3n) is 3.25. The van der Waals surface area contributed by atoms with Crippen LogP contribution in [-0.4, -0.2) is 21.2 Å². The predicted molar refractivity (Wildman–Crippen MR) is 87.1 cm³/mol. The molecule has 0 atom stereocenters. The average Bonchev–Trinajstić information content (AvgIpc) is 3.28. The maximum atomic E-state index is 12.9. The number of amides is 1. The lowest BCUT2D eigenvalue weighted by molar-refractivity contribution is -0.134. The summed E-state index contributed by atoms with van der Waals surface area (Å²) in [6.07, 6.45) is -4.00. The second kappa shape index (κ2) is 7.19. The molecule has 0 bridgehead atoms. The molecule has 2 N–H and O–H groups in total. The lowest BCUT2D eigenvalue weighted by atomic mass is 10.2. The number of halogens is 4. The third kappa shape index (κ3) is 4.14. The smallest absolute Gasteiger partial charge is 0.425 e. The minimum atomic E-state index is -4.49. The largest absolute Gasteiger partial charge is 0.513 e. The molecule has 11 heteroatoms. The summed E-state index contributed by atoms with van der Waals surface area (Å²) in [4.78, 5) is 15.2. The first kappa shape index (κ1) is 18.6. The van der Waals surface area contributed by atoms with Crippen molar-refractivity contribution in [2.45, 2.75) is 6.18 Å². The molecule has 6 nitrogen and oxygen atoms in total. The number of alkyl halides is 3. The molecule has 140 valence electrons. The zero-order valence-electron chi connectivity index (χ0n) is 13.1. The monoisotopic (exact) mass is 399 g/mol. The highest BCUT2D eigenvalue weighted by molar-refractivity contribution is 7.15. The molecular formula is C16H9F4N3O3S. The highest BCUT2D eigenvalue weighted by Crippen LogP contribution is 2.37. The number of hydrogen-bond acceptors (Lipinski definition) is 6. The quantitative estimate of drug-likeness (QED) is 0.506. The maximum Gasteiger partial charge on any atom is 0.425 e. The number of carbonyl (C=O) groups is 1. The van der Waals surface area contributed by atoms with Crippen LogP contribution in [0.4, 0.5) is 17.6 Å². The number of thiophene rings is 1. The van der Waals surface area contributed by atoms with E-state index in [1.165, 1.54) is 18.2 Å². The number of aliphatic hydroxyl groups excluding tert-OH is 1. The summed E-state index contributed by atoms with van der Waals surface area (Å²) in [5.74, 6) is -1.67. The summed E-state index contributed by atoms with van der Waals surface area (Å²) in [6.45, 7) is 0. The molecule has 0 spiro atoms. The fourth-order valence-corrected chi connectivity index (χ4v) is 2.78. The molecular weight excluding hydrogens is 390 g/mol. The van der Waals surface area contributed by atoms with E-state index in [1.807, 2.05) is 0 Å². The molecule has 2 aromatic heterocycles. The lowest BCUT2D eigenvalue weighted by Gasteiger charge is -2.04. The zero-order chi connectivity index (χ0) is 19.6. The van der Waals surface area contributed by atoms with Crippen LogP contribution in [0.15, 0.2) is 47.2 Å². The summed E-state index contributed by atoms with van der Waals surface area (Å²) >= 11 is 0.423. The van der Waals surface area contributed by atoms with Gasteiger partial charge in [-0.2, -0.15) is 18.2 Å². The van der Waals surface area contributed by atoms with Crippen molar-refractivity contribution in [3.63, 3.8) is 0 Å². The number of hydrogen-bond donors (Lipinski definition) is 2. The number of carbonyl (C=O) groups excluding carboxylic acids is 1. The highest BCUT2D eigenvalue weighted by atomic mass is 32.1. The van der Waals surface area contributed by atoms with Gasteiger partial charge in [-0.1, -0.05) is 5.16 Å². The van der Waals surface area contributed by atoms with E-state index in [0.29, 0.717) is 17.6 Å². The Hall–Kier alpha value is -3.21. The number of benzene rings is 1. The summed E-state index contributed by atoms with van der Waals surface area (Å²) in [5, 5.41) is 15.1. The molecule has 27 heavy (non-hydrogen) atoms. The molecule has 1 aromatic carbocycles. The van der Waals surface area contributed by atoms with E-state index in [4.69, 9.17) is 4.52 Å². The topological polar surface area (TPSA) is 88.2 Å². The second-order valence-corrected chi connectivity index (χ2v) is 6.17. The van der Waals surface area contributed by atoms with Crippen molar-refractivity contribution in [1.82, 2.24) is 15.5 Å². The van der Waals surface area contributed by atoms with Crippen LogP contribution in [0.5, 0.6) is 0 Å². The van der Waals surface area contributed by atoms with Crippen molar-refractivity contribution in [2.24, 2.45) is 0 Å². The van der Waals surface area contributed by atoms with Crippen molar-refractivity contribution >= 4 is 22.9 Å². The van der Waals surface area contributed by atoms with Crippen LogP contribution in [0.2, 0.25) is 0 Å².